The van der Waals surface area contributed by atoms with Crippen LogP contribution in [0.4, 0.5) is 13.2 Å². The van der Waals surface area contributed by atoms with Crippen LogP contribution < -0.4 is 5.32 Å². The van der Waals surface area contributed by atoms with E-state index in [-0.39, 0.29) is 34.2 Å². The second-order valence-electron chi connectivity index (χ2n) is 12.9. The van der Waals surface area contributed by atoms with Crippen molar-refractivity contribution in [2.45, 2.75) is 97.1 Å². The lowest BCUT2D eigenvalue weighted by atomic mass is 9.67. The maximum absolute atomic E-state index is 14.4. The van der Waals surface area contributed by atoms with Crippen LogP contribution in [0.15, 0.2) is 47.5 Å². The van der Waals surface area contributed by atoms with Crippen molar-refractivity contribution in [3.05, 3.63) is 75.6 Å². The van der Waals surface area contributed by atoms with Gasteiger partial charge in [-0.25, -0.2) is 0 Å². The second-order valence-corrected chi connectivity index (χ2v) is 13.3. The van der Waals surface area contributed by atoms with E-state index >= 15 is 0 Å². The molecule has 246 valence electrons. The van der Waals surface area contributed by atoms with Crippen LogP contribution in [0.3, 0.4) is 0 Å². The van der Waals surface area contributed by atoms with E-state index in [9.17, 15) is 22.8 Å². The maximum atomic E-state index is 14.4. The number of aliphatic imine (C=N–C) groups is 1. The minimum absolute atomic E-state index is 0.000215. The fourth-order valence-corrected chi connectivity index (χ4v) is 6.95. The largest absolute Gasteiger partial charge is 0.416 e. The minimum atomic E-state index is -4.63. The van der Waals surface area contributed by atoms with Crippen molar-refractivity contribution in [3.63, 3.8) is 0 Å². The highest BCUT2D eigenvalue weighted by Crippen LogP contribution is 2.51. The zero-order valence-corrected chi connectivity index (χ0v) is 27.2. The zero-order chi connectivity index (χ0) is 33.3. The Bertz CT molecular complexity index is 1580. The molecule has 0 saturated heterocycles. The summed E-state index contributed by atoms with van der Waals surface area (Å²) in [5, 5.41) is 16.1. The molecule has 1 aromatic heterocycles. The third-order valence-electron chi connectivity index (χ3n) is 9.72. The number of H-pyrrole nitrogens is 1. The normalized spacial score (nSPS) is 21.0. The zero-order valence-electron chi connectivity index (χ0n) is 26.4. The number of aromatic nitrogens is 4. The molecule has 1 saturated carbocycles. The molecule has 3 aromatic rings. The van der Waals surface area contributed by atoms with Crippen LogP contribution >= 0.6 is 11.6 Å². The van der Waals surface area contributed by atoms with E-state index in [0.29, 0.717) is 36.6 Å². The highest BCUT2D eigenvalue weighted by atomic mass is 35.5. The number of amides is 2. The van der Waals surface area contributed by atoms with E-state index in [1.807, 2.05) is 19.1 Å². The Morgan fingerprint density at radius 2 is 1.83 bits per heavy atom. The highest BCUT2D eigenvalue weighted by Gasteiger charge is 2.53. The summed E-state index contributed by atoms with van der Waals surface area (Å²) in [4.78, 5) is 34.1. The number of alkyl halides is 3. The van der Waals surface area contributed by atoms with Crippen LogP contribution in [0.5, 0.6) is 0 Å². The first-order chi connectivity index (χ1) is 21.8. The van der Waals surface area contributed by atoms with Crippen LogP contribution in [0.1, 0.15) is 112 Å². The van der Waals surface area contributed by atoms with Gasteiger partial charge in [0, 0.05) is 16.1 Å². The van der Waals surface area contributed by atoms with Gasteiger partial charge in [0.15, 0.2) is 5.82 Å². The van der Waals surface area contributed by atoms with Crippen molar-refractivity contribution < 1.29 is 22.8 Å². The summed E-state index contributed by atoms with van der Waals surface area (Å²) < 4.78 is 41.3. The third-order valence-corrected chi connectivity index (χ3v) is 9.94. The predicted molar refractivity (Wildman–Crippen MR) is 168 cm³/mol. The van der Waals surface area contributed by atoms with Gasteiger partial charge in [-0.2, -0.15) is 18.4 Å². The number of hydrogen-bond donors (Lipinski definition) is 2. The van der Waals surface area contributed by atoms with Crippen molar-refractivity contribution in [1.29, 1.82) is 0 Å². The van der Waals surface area contributed by atoms with Gasteiger partial charge in [-0.3, -0.25) is 14.6 Å². The standard InChI is InChI=1S/C33H39ClF3N7O2/c1-5-7-26(20-8-10-21(11-9-20)29(45)38-19-27-40-42-43-41-27)44-30(46)28(22-16-24(33(35,36)37)18-25(34)17-22)39-32(44)14-12-23(13-15-32)31(3,4)6-2/h8-11,16-18,23,26H,5-7,12-15,19H2,1-4H3,(H,38,45)(H,40,41,42,43). The van der Waals surface area contributed by atoms with Crippen molar-refractivity contribution in [3.8, 4) is 0 Å². The van der Waals surface area contributed by atoms with Gasteiger partial charge >= 0.3 is 6.18 Å². The number of benzene rings is 2. The van der Waals surface area contributed by atoms with Crippen LogP contribution in [-0.4, -0.2) is 48.7 Å². The second kappa shape index (κ2) is 13.1. The van der Waals surface area contributed by atoms with E-state index in [2.05, 4.69) is 46.7 Å². The quantitative estimate of drug-likeness (QED) is 0.237. The first-order valence-electron chi connectivity index (χ1n) is 15.7. The number of tetrazole rings is 1. The maximum Gasteiger partial charge on any atom is 0.416 e. The van der Waals surface area contributed by atoms with Crippen LogP contribution in [0, 0.1) is 11.3 Å². The molecule has 46 heavy (non-hydrogen) atoms. The molecule has 1 atom stereocenters. The van der Waals surface area contributed by atoms with Crippen molar-refractivity contribution in [2.75, 3.05) is 0 Å². The molecule has 13 heteroatoms. The van der Waals surface area contributed by atoms with Crippen LogP contribution in [0.2, 0.25) is 5.02 Å². The minimum Gasteiger partial charge on any atom is -0.345 e. The molecule has 2 aliphatic rings. The van der Waals surface area contributed by atoms with Gasteiger partial charge in [-0.1, -0.05) is 69.5 Å². The molecule has 1 aliphatic heterocycles. The Balaban J connectivity index is 1.50. The lowest BCUT2D eigenvalue weighted by molar-refractivity contribution is -0.137. The Morgan fingerprint density at radius 3 is 2.41 bits per heavy atom. The molecule has 9 nitrogen and oxygen atoms in total. The first kappa shape index (κ1) is 33.6. The lowest BCUT2D eigenvalue weighted by Gasteiger charge is -2.48. The number of hydrogen-bond acceptors (Lipinski definition) is 6. The third kappa shape index (κ3) is 6.82. The molecule has 1 unspecified atom stereocenters. The Hall–Kier alpha value is -3.80. The summed E-state index contributed by atoms with van der Waals surface area (Å²) in [6, 6.07) is 9.85. The fourth-order valence-electron chi connectivity index (χ4n) is 6.72. The van der Waals surface area contributed by atoms with Crippen molar-refractivity contribution >= 4 is 29.1 Å². The summed E-state index contributed by atoms with van der Waals surface area (Å²) >= 11 is 6.16. The van der Waals surface area contributed by atoms with Crippen LogP contribution in [-0.2, 0) is 17.5 Å². The fraction of sp³-hybridized carbons (Fsp3) is 0.515. The topological polar surface area (TPSA) is 116 Å². The van der Waals surface area contributed by atoms with Gasteiger partial charge in [-0.05, 0) is 79.3 Å². The SMILES string of the molecule is CCCC(c1ccc(C(=O)NCc2nn[nH]n2)cc1)N1C(=O)C(c2cc(Cl)cc(C(F)(F)F)c2)=NC12CCC(C(C)(C)CC)CC2. The molecule has 1 spiro atoms. The predicted octanol–water partition coefficient (Wildman–Crippen LogP) is 7.30. The number of nitrogens with zero attached hydrogens (tertiary/aromatic N) is 5. The summed E-state index contributed by atoms with van der Waals surface area (Å²) in [5.41, 5.74) is -0.426. The van der Waals surface area contributed by atoms with E-state index in [4.69, 9.17) is 16.6 Å². The molecular formula is C33H39ClF3N7O2. The molecule has 2 heterocycles. The van der Waals surface area contributed by atoms with Gasteiger partial charge in [0.2, 0.25) is 0 Å². The summed E-state index contributed by atoms with van der Waals surface area (Å²) in [5.74, 6) is 0.0444. The van der Waals surface area contributed by atoms with Gasteiger partial charge in [0.25, 0.3) is 11.8 Å². The number of halogens is 4. The Labute approximate surface area is 271 Å². The van der Waals surface area contributed by atoms with Crippen LogP contribution in [0.25, 0.3) is 0 Å². The lowest BCUT2D eigenvalue weighted by Crippen LogP contribution is -2.51. The van der Waals surface area contributed by atoms with E-state index < -0.39 is 29.4 Å². The van der Waals surface area contributed by atoms with Gasteiger partial charge in [-0.15, -0.1) is 10.2 Å². The number of nitrogens with one attached hydrogen (secondary N) is 2. The average Bonchev–Trinajstić information content (AvgIpc) is 3.64. The highest BCUT2D eigenvalue weighted by molar-refractivity contribution is 6.47. The molecule has 0 radical (unpaired) electrons. The van der Waals surface area contributed by atoms with Crippen molar-refractivity contribution in [1.82, 2.24) is 30.8 Å². The van der Waals surface area contributed by atoms with E-state index in [0.717, 1.165) is 43.4 Å². The van der Waals surface area contributed by atoms with Gasteiger partial charge in [0.1, 0.15) is 11.4 Å². The molecule has 2 aromatic carbocycles. The molecule has 0 bridgehead atoms. The Kier molecular flexibility index (Phi) is 9.58. The van der Waals surface area contributed by atoms with E-state index in [1.54, 1.807) is 17.0 Å². The van der Waals surface area contributed by atoms with Crippen molar-refractivity contribution in [2.24, 2.45) is 16.3 Å². The van der Waals surface area contributed by atoms with Gasteiger partial charge < -0.3 is 10.2 Å². The smallest absolute Gasteiger partial charge is 0.345 e. The summed E-state index contributed by atoms with van der Waals surface area (Å²) in [6.07, 6.45) is 0.595. The molecule has 5 rings (SSSR count). The molecule has 2 N–H and O–H groups in total. The average molecular weight is 658 g/mol. The number of carbonyl (C=O) groups excluding carboxylic acids is 2. The van der Waals surface area contributed by atoms with E-state index in [1.165, 1.54) is 6.07 Å². The number of carbonyl (C=O) groups is 2. The molecule has 1 fully saturated rings. The number of aromatic amines is 1. The Morgan fingerprint density at radius 1 is 1.13 bits per heavy atom. The number of rotatable bonds is 10. The molecule has 1 aliphatic carbocycles. The monoisotopic (exact) mass is 657 g/mol. The molecular weight excluding hydrogens is 619 g/mol. The summed E-state index contributed by atoms with van der Waals surface area (Å²) in [7, 11) is 0. The first-order valence-corrected chi connectivity index (χ1v) is 16.1. The summed E-state index contributed by atoms with van der Waals surface area (Å²) in [6.45, 7) is 8.82. The molecule has 2 amide bonds. The van der Waals surface area contributed by atoms with Gasteiger partial charge in [0.05, 0.1) is 18.2 Å².